The van der Waals surface area contributed by atoms with Gasteiger partial charge in [0.25, 0.3) is 0 Å². The highest BCUT2D eigenvalue weighted by molar-refractivity contribution is 6.00. The van der Waals surface area contributed by atoms with E-state index in [0.717, 1.165) is 17.0 Å². The molecule has 0 radical (unpaired) electrons. The highest BCUT2D eigenvalue weighted by Crippen LogP contribution is 2.26. The second-order valence-corrected chi connectivity index (χ2v) is 4.99. The van der Waals surface area contributed by atoms with Crippen molar-refractivity contribution < 1.29 is 5.11 Å². The van der Waals surface area contributed by atoms with Crippen molar-refractivity contribution in [1.82, 2.24) is 0 Å². The lowest BCUT2D eigenvalue weighted by molar-refractivity contribution is 0.475. The molecule has 2 nitrogen and oxygen atoms in total. The highest BCUT2D eigenvalue weighted by atomic mass is 16.3. The first-order chi connectivity index (χ1) is 8.97. The molecule has 0 amide bonds. The molecule has 2 aromatic rings. The topological polar surface area (TPSA) is 32.6 Å². The van der Waals surface area contributed by atoms with Gasteiger partial charge in [-0.15, -0.1) is 0 Å². The Hall–Kier alpha value is -2.09. The van der Waals surface area contributed by atoms with Crippen molar-refractivity contribution in [3.05, 3.63) is 58.7 Å². The SMILES string of the molecule is CC(=Nc1c(C)cc(C)cc1C)c1cccc(O)c1. The summed E-state index contributed by atoms with van der Waals surface area (Å²) in [5.41, 5.74) is 6.48. The molecular formula is C17H19NO. The number of benzene rings is 2. The van der Waals surface area contributed by atoms with Gasteiger partial charge in [-0.05, 0) is 56.5 Å². The molecule has 1 N–H and O–H groups in total. The van der Waals surface area contributed by atoms with E-state index in [-0.39, 0.29) is 5.75 Å². The lowest BCUT2D eigenvalue weighted by Crippen LogP contribution is -1.95. The van der Waals surface area contributed by atoms with Crippen LogP contribution in [0.15, 0.2) is 41.4 Å². The summed E-state index contributed by atoms with van der Waals surface area (Å²) in [4.78, 5) is 4.72. The molecule has 2 aromatic carbocycles. The molecule has 0 aromatic heterocycles. The Morgan fingerprint density at radius 2 is 1.63 bits per heavy atom. The Balaban J connectivity index is 2.47. The van der Waals surface area contributed by atoms with Gasteiger partial charge in [0.1, 0.15) is 5.75 Å². The van der Waals surface area contributed by atoms with Gasteiger partial charge in [-0.25, -0.2) is 0 Å². The van der Waals surface area contributed by atoms with Crippen LogP contribution >= 0.6 is 0 Å². The molecule has 0 aliphatic carbocycles. The first kappa shape index (κ1) is 13.3. The van der Waals surface area contributed by atoms with E-state index in [9.17, 15) is 5.11 Å². The molecule has 0 atom stereocenters. The number of nitrogens with zero attached hydrogens (tertiary/aromatic N) is 1. The van der Waals surface area contributed by atoms with Gasteiger partial charge in [-0.3, -0.25) is 4.99 Å². The first-order valence-electron chi connectivity index (χ1n) is 6.40. The second-order valence-electron chi connectivity index (χ2n) is 4.99. The largest absolute Gasteiger partial charge is 0.508 e. The van der Waals surface area contributed by atoms with Gasteiger partial charge in [-0.1, -0.05) is 29.8 Å². The maximum absolute atomic E-state index is 9.52. The number of rotatable bonds is 2. The van der Waals surface area contributed by atoms with Gasteiger partial charge in [0.05, 0.1) is 5.69 Å². The number of aromatic hydroxyl groups is 1. The minimum absolute atomic E-state index is 0.268. The number of aliphatic imine (C=N–C) groups is 1. The van der Waals surface area contributed by atoms with Gasteiger partial charge in [-0.2, -0.15) is 0 Å². The number of hydrogen-bond acceptors (Lipinski definition) is 2. The maximum atomic E-state index is 9.52. The van der Waals surface area contributed by atoms with Crippen molar-refractivity contribution in [3.63, 3.8) is 0 Å². The third-order valence-electron chi connectivity index (χ3n) is 3.18. The Morgan fingerprint density at radius 3 is 2.21 bits per heavy atom. The fraction of sp³-hybridized carbons (Fsp3) is 0.235. The molecule has 0 aliphatic rings. The molecule has 0 bridgehead atoms. The van der Waals surface area contributed by atoms with Crippen LogP contribution in [0.25, 0.3) is 0 Å². The molecule has 0 fully saturated rings. The predicted molar refractivity (Wildman–Crippen MR) is 80.6 cm³/mol. The molecule has 98 valence electrons. The van der Waals surface area contributed by atoms with E-state index in [1.807, 2.05) is 19.1 Å². The van der Waals surface area contributed by atoms with Crippen LogP contribution in [0.4, 0.5) is 5.69 Å². The molecule has 0 aliphatic heterocycles. The molecule has 2 heteroatoms. The van der Waals surface area contributed by atoms with E-state index in [1.54, 1.807) is 12.1 Å². The zero-order valence-corrected chi connectivity index (χ0v) is 11.9. The summed E-state index contributed by atoms with van der Waals surface area (Å²) in [5.74, 6) is 0.268. The average Bonchev–Trinajstić information content (AvgIpc) is 2.33. The number of aryl methyl sites for hydroxylation is 3. The first-order valence-corrected chi connectivity index (χ1v) is 6.40. The van der Waals surface area contributed by atoms with Crippen molar-refractivity contribution in [1.29, 1.82) is 0 Å². The molecule has 0 spiro atoms. The molecule has 0 unspecified atom stereocenters. The summed E-state index contributed by atoms with van der Waals surface area (Å²) in [6.07, 6.45) is 0. The number of phenols is 1. The smallest absolute Gasteiger partial charge is 0.116 e. The molecule has 2 rings (SSSR count). The van der Waals surface area contributed by atoms with Crippen LogP contribution in [0, 0.1) is 20.8 Å². The monoisotopic (exact) mass is 253 g/mol. The molecule has 0 heterocycles. The molecule has 0 saturated carbocycles. The minimum Gasteiger partial charge on any atom is -0.508 e. The quantitative estimate of drug-likeness (QED) is 0.787. The van der Waals surface area contributed by atoms with Crippen molar-refractivity contribution in [2.24, 2.45) is 4.99 Å². The Bertz CT molecular complexity index is 618. The second kappa shape index (κ2) is 5.27. The van der Waals surface area contributed by atoms with E-state index in [2.05, 4.69) is 32.9 Å². The van der Waals surface area contributed by atoms with Crippen LogP contribution in [0.3, 0.4) is 0 Å². The fourth-order valence-electron chi connectivity index (χ4n) is 2.31. The van der Waals surface area contributed by atoms with Crippen LogP contribution in [0.5, 0.6) is 5.75 Å². The lowest BCUT2D eigenvalue weighted by atomic mass is 10.0. The summed E-state index contributed by atoms with van der Waals surface area (Å²) in [7, 11) is 0. The zero-order valence-electron chi connectivity index (χ0n) is 11.9. The van der Waals surface area contributed by atoms with Crippen LogP contribution in [-0.2, 0) is 0 Å². The summed E-state index contributed by atoms with van der Waals surface area (Å²) >= 11 is 0. The van der Waals surface area contributed by atoms with E-state index >= 15 is 0 Å². The standard InChI is InChI=1S/C17H19NO/c1-11-8-12(2)17(13(3)9-11)18-14(4)15-6-5-7-16(19)10-15/h5-10,19H,1-4H3. The van der Waals surface area contributed by atoms with E-state index in [4.69, 9.17) is 4.99 Å². The third-order valence-corrected chi connectivity index (χ3v) is 3.18. The van der Waals surface area contributed by atoms with E-state index < -0.39 is 0 Å². The Morgan fingerprint density at radius 1 is 1.00 bits per heavy atom. The number of hydrogen-bond donors (Lipinski definition) is 1. The molecule has 0 saturated heterocycles. The normalized spacial score (nSPS) is 11.7. The van der Waals surface area contributed by atoms with Crippen molar-refractivity contribution in [2.45, 2.75) is 27.7 Å². The van der Waals surface area contributed by atoms with Crippen LogP contribution < -0.4 is 0 Å². The molecular weight excluding hydrogens is 234 g/mol. The predicted octanol–water partition coefficient (Wildman–Crippen LogP) is 4.46. The minimum atomic E-state index is 0.268. The summed E-state index contributed by atoms with van der Waals surface area (Å²) in [5, 5.41) is 9.52. The van der Waals surface area contributed by atoms with Gasteiger partial charge in [0.2, 0.25) is 0 Å². The lowest BCUT2D eigenvalue weighted by Gasteiger charge is -2.09. The fourth-order valence-corrected chi connectivity index (χ4v) is 2.31. The van der Waals surface area contributed by atoms with Crippen LogP contribution in [0.2, 0.25) is 0 Å². The van der Waals surface area contributed by atoms with E-state index in [1.165, 1.54) is 16.7 Å². The van der Waals surface area contributed by atoms with E-state index in [0.29, 0.717) is 0 Å². The Kier molecular flexibility index (Phi) is 3.70. The third kappa shape index (κ3) is 3.02. The van der Waals surface area contributed by atoms with Crippen LogP contribution in [0.1, 0.15) is 29.2 Å². The Labute approximate surface area is 114 Å². The van der Waals surface area contributed by atoms with Crippen LogP contribution in [-0.4, -0.2) is 10.8 Å². The van der Waals surface area contributed by atoms with Gasteiger partial charge >= 0.3 is 0 Å². The summed E-state index contributed by atoms with van der Waals surface area (Å²) < 4.78 is 0. The van der Waals surface area contributed by atoms with Gasteiger partial charge in [0.15, 0.2) is 0 Å². The van der Waals surface area contributed by atoms with Gasteiger partial charge in [0, 0.05) is 5.71 Å². The van der Waals surface area contributed by atoms with Crippen molar-refractivity contribution >= 4 is 11.4 Å². The zero-order chi connectivity index (χ0) is 14.0. The van der Waals surface area contributed by atoms with Crippen molar-refractivity contribution in [2.75, 3.05) is 0 Å². The maximum Gasteiger partial charge on any atom is 0.116 e. The average molecular weight is 253 g/mol. The van der Waals surface area contributed by atoms with Gasteiger partial charge < -0.3 is 5.11 Å². The highest BCUT2D eigenvalue weighted by Gasteiger charge is 2.04. The summed E-state index contributed by atoms with van der Waals surface area (Å²) in [6.45, 7) is 8.21. The number of phenolic OH excluding ortho intramolecular Hbond substituents is 1. The van der Waals surface area contributed by atoms with Crippen molar-refractivity contribution in [3.8, 4) is 5.75 Å². The molecule has 19 heavy (non-hydrogen) atoms. The summed E-state index contributed by atoms with van der Waals surface area (Å²) in [6, 6.07) is 11.5.